The number of hydrogen-bond acceptors (Lipinski definition) is 3. The topological polar surface area (TPSA) is 34.9 Å². The zero-order valence-corrected chi connectivity index (χ0v) is 10.4. The molecule has 0 bridgehead atoms. The number of hydrogen-bond donors (Lipinski definition) is 0. The van der Waals surface area contributed by atoms with Crippen LogP contribution >= 0.6 is 11.3 Å². The van der Waals surface area contributed by atoms with Gasteiger partial charge in [-0.05, 0) is 23.6 Å². The van der Waals surface area contributed by atoms with E-state index in [1.165, 1.54) is 23.5 Å². The molecule has 3 nitrogen and oxygen atoms in total. The molecule has 2 heterocycles. The first kappa shape index (κ1) is 11.1. The van der Waals surface area contributed by atoms with Crippen LogP contribution in [0, 0.1) is 5.82 Å². The van der Waals surface area contributed by atoms with Crippen LogP contribution in [0.1, 0.15) is 15.5 Å². The molecule has 5 heteroatoms. The van der Waals surface area contributed by atoms with Crippen molar-refractivity contribution in [2.24, 2.45) is 7.05 Å². The van der Waals surface area contributed by atoms with Crippen LogP contribution in [0.5, 0.6) is 0 Å². The van der Waals surface area contributed by atoms with Gasteiger partial charge in [0, 0.05) is 24.1 Å². The van der Waals surface area contributed by atoms with Gasteiger partial charge in [0.15, 0.2) is 5.82 Å². The molecule has 0 fully saturated rings. The molecule has 18 heavy (non-hydrogen) atoms. The fraction of sp³-hybridized carbons (Fsp3) is 0.0769. The summed E-state index contributed by atoms with van der Waals surface area (Å²) in [7, 11) is 1.77. The molecule has 0 saturated carbocycles. The summed E-state index contributed by atoms with van der Waals surface area (Å²) in [4.78, 5) is 16.8. The quantitative estimate of drug-likeness (QED) is 0.664. The third kappa shape index (κ3) is 1.73. The van der Waals surface area contributed by atoms with E-state index in [-0.39, 0.29) is 11.6 Å². The number of carbonyl (C=O) groups excluding carboxylic acids is 1. The Morgan fingerprint density at radius 2 is 2.22 bits per heavy atom. The van der Waals surface area contributed by atoms with Crippen LogP contribution in [-0.2, 0) is 7.05 Å². The highest BCUT2D eigenvalue weighted by atomic mass is 32.1. The molecule has 90 valence electrons. The number of benzene rings is 1. The minimum atomic E-state index is -0.291. The summed E-state index contributed by atoms with van der Waals surface area (Å²) in [6.07, 6.45) is 3.31. The Hall–Kier alpha value is -2.01. The summed E-state index contributed by atoms with van der Waals surface area (Å²) in [6, 6.07) is 6.28. The van der Waals surface area contributed by atoms with Crippen molar-refractivity contribution >= 4 is 27.2 Å². The normalized spacial score (nSPS) is 11.0. The summed E-state index contributed by atoms with van der Waals surface area (Å²) in [5, 5.41) is 0.874. The maximum Gasteiger partial charge on any atom is 0.238 e. The number of halogens is 1. The lowest BCUT2D eigenvalue weighted by Gasteiger charge is -1.97. The third-order valence-electron chi connectivity index (χ3n) is 2.73. The van der Waals surface area contributed by atoms with E-state index in [0.717, 1.165) is 10.1 Å². The summed E-state index contributed by atoms with van der Waals surface area (Å²) in [5.74, 6) is -0.0357. The number of aryl methyl sites for hydroxylation is 1. The molecule has 3 rings (SSSR count). The van der Waals surface area contributed by atoms with Gasteiger partial charge in [-0.3, -0.25) is 4.79 Å². The van der Waals surface area contributed by atoms with Gasteiger partial charge in [-0.1, -0.05) is 6.07 Å². The molecule has 0 radical (unpaired) electrons. The maximum absolute atomic E-state index is 13.1. The molecule has 0 spiro atoms. The van der Waals surface area contributed by atoms with Crippen LogP contribution in [0.2, 0.25) is 0 Å². The SMILES string of the molecule is Cn1ccnc1C(=O)c1cc2ccc(F)cc2s1. The number of aromatic nitrogens is 2. The van der Waals surface area contributed by atoms with Crippen molar-refractivity contribution in [1.82, 2.24) is 9.55 Å². The van der Waals surface area contributed by atoms with Gasteiger partial charge >= 0.3 is 0 Å². The Morgan fingerprint density at radius 1 is 1.39 bits per heavy atom. The van der Waals surface area contributed by atoms with E-state index in [1.54, 1.807) is 36.1 Å². The van der Waals surface area contributed by atoms with Crippen LogP contribution in [-0.4, -0.2) is 15.3 Å². The molecule has 1 aromatic carbocycles. The predicted molar refractivity (Wildman–Crippen MR) is 68.4 cm³/mol. The van der Waals surface area contributed by atoms with E-state index in [4.69, 9.17) is 0 Å². The Bertz CT molecular complexity index is 744. The van der Waals surface area contributed by atoms with Crippen LogP contribution in [0.15, 0.2) is 36.7 Å². The fourth-order valence-corrected chi connectivity index (χ4v) is 2.83. The zero-order valence-electron chi connectivity index (χ0n) is 9.55. The predicted octanol–water partition coefficient (Wildman–Crippen LogP) is 3.00. The molecular weight excluding hydrogens is 251 g/mol. The molecular formula is C13H9FN2OS. The largest absolute Gasteiger partial charge is 0.331 e. The Balaban J connectivity index is 2.10. The van der Waals surface area contributed by atoms with E-state index in [9.17, 15) is 9.18 Å². The standard InChI is InChI=1S/C13H9FN2OS/c1-16-5-4-15-13(16)12(17)11-6-8-2-3-9(14)7-10(8)18-11/h2-7H,1H3. The molecule has 0 aliphatic heterocycles. The van der Waals surface area contributed by atoms with Crippen molar-refractivity contribution in [2.75, 3.05) is 0 Å². The molecule has 0 aliphatic carbocycles. The number of rotatable bonds is 2. The van der Waals surface area contributed by atoms with E-state index in [2.05, 4.69) is 4.98 Å². The molecule has 3 aromatic rings. The van der Waals surface area contributed by atoms with E-state index in [1.807, 2.05) is 0 Å². The lowest BCUT2D eigenvalue weighted by Crippen LogP contribution is -2.06. The average Bonchev–Trinajstić information content (AvgIpc) is 2.93. The monoisotopic (exact) mass is 260 g/mol. The van der Waals surface area contributed by atoms with E-state index in [0.29, 0.717) is 10.7 Å². The van der Waals surface area contributed by atoms with Gasteiger partial charge in [0.2, 0.25) is 5.78 Å². The van der Waals surface area contributed by atoms with Crippen molar-refractivity contribution in [3.05, 3.63) is 53.2 Å². The first-order valence-electron chi connectivity index (χ1n) is 5.36. The molecule has 0 saturated heterocycles. The van der Waals surface area contributed by atoms with E-state index < -0.39 is 0 Å². The summed E-state index contributed by atoms with van der Waals surface area (Å²) >= 11 is 1.28. The second kappa shape index (κ2) is 4.03. The van der Waals surface area contributed by atoms with Gasteiger partial charge in [-0.15, -0.1) is 11.3 Å². The molecule has 0 unspecified atom stereocenters. The number of ketones is 1. The number of nitrogens with zero attached hydrogens (tertiary/aromatic N) is 2. The zero-order chi connectivity index (χ0) is 12.7. The van der Waals surface area contributed by atoms with Gasteiger partial charge in [0.1, 0.15) is 5.82 Å². The van der Waals surface area contributed by atoms with E-state index >= 15 is 0 Å². The second-order valence-electron chi connectivity index (χ2n) is 3.98. The van der Waals surface area contributed by atoms with Crippen LogP contribution in [0.3, 0.4) is 0 Å². The molecule has 0 atom stereocenters. The van der Waals surface area contributed by atoms with Crippen LogP contribution in [0.4, 0.5) is 4.39 Å². The summed E-state index contributed by atoms with van der Waals surface area (Å²) in [6.45, 7) is 0. The van der Waals surface area contributed by atoms with Gasteiger partial charge < -0.3 is 4.57 Å². The second-order valence-corrected chi connectivity index (χ2v) is 5.07. The van der Waals surface area contributed by atoms with Gasteiger partial charge in [0.05, 0.1) is 4.88 Å². The van der Waals surface area contributed by atoms with Gasteiger partial charge in [-0.25, -0.2) is 9.37 Å². The lowest BCUT2D eigenvalue weighted by atomic mass is 10.2. The highest BCUT2D eigenvalue weighted by Gasteiger charge is 2.16. The van der Waals surface area contributed by atoms with Gasteiger partial charge in [0.25, 0.3) is 0 Å². The Labute approximate surface area is 107 Å². The summed E-state index contributed by atoms with van der Waals surface area (Å²) in [5.41, 5.74) is 0. The van der Waals surface area contributed by atoms with Crippen molar-refractivity contribution in [2.45, 2.75) is 0 Å². The molecule has 0 N–H and O–H groups in total. The number of thiophene rings is 1. The lowest BCUT2D eigenvalue weighted by molar-refractivity contribution is 0.103. The number of imidazole rings is 1. The molecule has 0 aliphatic rings. The van der Waals surface area contributed by atoms with Crippen LogP contribution in [0.25, 0.3) is 10.1 Å². The van der Waals surface area contributed by atoms with Crippen molar-refractivity contribution in [1.29, 1.82) is 0 Å². The molecule has 2 aromatic heterocycles. The Morgan fingerprint density at radius 3 is 2.94 bits per heavy atom. The van der Waals surface area contributed by atoms with Crippen molar-refractivity contribution in [3.8, 4) is 0 Å². The third-order valence-corrected chi connectivity index (χ3v) is 3.83. The summed E-state index contributed by atoms with van der Waals surface area (Å²) < 4.78 is 15.5. The average molecular weight is 260 g/mol. The highest BCUT2D eigenvalue weighted by Crippen LogP contribution is 2.27. The first-order chi connectivity index (χ1) is 8.65. The minimum Gasteiger partial charge on any atom is -0.331 e. The van der Waals surface area contributed by atoms with Crippen molar-refractivity contribution < 1.29 is 9.18 Å². The first-order valence-corrected chi connectivity index (χ1v) is 6.18. The number of fused-ring (bicyclic) bond motifs is 1. The Kier molecular flexibility index (Phi) is 2.48. The smallest absolute Gasteiger partial charge is 0.238 e. The fourth-order valence-electron chi connectivity index (χ4n) is 1.81. The van der Waals surface area contributed by atoms with Crippen molar-refractivity contribution in [3.63, 3.8) is 0 Å². The molecule has 0 amide bonds. The van der Waals surface area contributed by atoms with Gasteiger partial charge in [-0.2, -0.15) is 0 Å². The number of carbonyl (C=O) groups is 1. The van der Waals surface area contributed by atoms with Crippen LogP contribution < -0.4 is 0 Å². The highest BCUT2D eigenvalue weighted by molar-refractivity contribution is 7.21. The minimum absolute atomic E-state index is 0.135. The maximum atomic E-state index is 13.1.